The first-order valence-corrected chi connectivity index (χ1v) is 6.23. The summed E-state index contributed by atoms with van der Waals surface area (Å²) >= 11 is 0. The number of nitrogens with two attached hydrogens (primary N) is 1. The molecule has 0 aliphatic rings. The first kappa shape index (κ1) is 11.8. The molecule has 0 saturated heterocycles. The van der Waals surface area contributed by atoms with E-state index in [1.165, 1.54) is 0 Å². The molecule has 2 N–H and O–H groups in total. The zero-order valence-corrected chi connectivity index (χ0v) is 10.7. The topological polar surface area (TPSA) is 69.6 Å². The Labute approximate surface area is 111 Å². The van der Waals surface area contributed by atoms with E-state index in [4.69, 9.17) is 5.73 Å². The van der Waals surface area contributed by atoms with Gasteiger partial charge in [-0.25, -0.2) is 9.97 Å². The lowest BCUT2D eigenvalue weighted by Gasteiger charge is -2.05. The van der Waals surface area contributed by atoms with Crippen LogP contribution >= 0.6 is 0 Å². The van der Waals surface area contributed by atoms with E-state index in [2.05, 4.69) is 15.1 Å². The number of para-hydroxylation sites is 1. The molecule has 0 aliphatic heterocycles. The molecule has 5 heteroatoms. The number of benzene rings is 1. The lowest BCUT2D eigenvalue weighted by molar-refractivity contribution is 0.727. The Morgan fingerprint density at radius 1 is 1.16 bits per heavy atom. The number of aromatic nitrogens is 4. The van der Waals surface area contributed by atoms with Gasteiger partial charge in [0.2, 0.25) is 0 Å². The molecule has 0 aliphatic carbocycles. The molecule has 3 aromatic rings. The molecule has 0 spiro atoms. The minimum atomic E-state index is 0.111. The number of rotatable bonds is 3. The lowest BCUT2D eigenvalue weighted by atomic mass is 10.1. The molecule has 0 amide bonds. The second-order valence-corrected chi connectivity index (χ2v) is 4.69. The van der Waals surface area contributed by atoms with Gasteiger partial charge in [-0.15, -0.1) is 0 Å². The maximum Gasteiger partial charge on any atom is 0.251 e. The zero-order valence-electron chi connectivity index (χ0n) is 10.7. The molecule has 1 aromatic carbocycles. The van der Waals surface area contributed by atoms with Crippen molar-refractivity contribution in [1.82, 2.24) is 19.7 Å². The predicted molar refractivity (Wildman–Crippen MR) is 74.0 cm³/mol. The number of hydrogen-bond donors (Lipinski definition) is 1. The normalized spacial score (nSPS) is 12.7. The maximum atomic E-state index is 5.76. The molecule has 0 saturated carbocycles. The lowest BCUT2D eigenvalue weighted by Crippen LogP contribution is -2.18. The molecule has 0 radical (unpaired) electrons. The quantitative estimate of drug-likeness (QED) is 0.771. The summed E-state index contributed by atoms with van der Waals surface area (Å²) < 4.78 is 1.74. The molecule has 2 heterocycles. The summed E-state index contributed by atoms with van der Waals surface area (Å²) in [5.41, 5.74) is 7.80. The number of fused-ring (bicyclic) bond motifs is 1. The van der Waals surface area contributed by atoms with E-state index < -0.39 is 0 Å². The SMILES string of the molecule is CC(N)Cc1cnc(-n2ncc3ccccc32)nc1. The van der Waals surface area contributed by atoms with E-state index in [0.717, 1.165) is 22.9 Å². The molecule has 0 fully saturated rings. The molecule has 0 bridgehead atoms. The van der Waals surface area contributed by atoms with Crippen molar-refractivity contribution in [2.75, 3.05) is 0 Å². The van der Waals surface area contributed by atoms with Crippen LogP contribution in [0.25, 0.3) is 16.9 Å². The van der Waals surface area contributed by atoms with Crippen LogP contribution in [-0.4, -0.2) is 25.8 Å². The summed E-state index contributed by atoms with van der Waals surface area (Å²) in [5, 5.41) is 5.40. The van der Waals surface area contributed by atoms with Crippen LogP contribution in [0.5, 0.6) is 0 Å². The molecular weight excluding hydrogens is 238 g/mol. The standard InChI is InChI=1S/C14H15N5/c1-10(15)6-11-7-16-14(17-8-11)19-13-5-3-2-4-12(13)9-18-19/h2-5,7-10H,6,15H2,1H3. The fourth-order valence-corrected chi connectivity index (χ4v) is 2.07. The first-order chi connectivity index (χ1) is 9.24. The summed E-state index contributed by atoms with van der Waals surface area (Å²) in [6.45, 7) is 1.97. The average molecular weight is 253 g/mol. The smallest absolute Gasteiger partial charge is 0.251 e. The van der Waals surface area contributed by atoms with Gasteiger partial charge in [0, 0.05) is 23.8 Å². The van der Waals surface area contributed by atoms with Gasteiger partial charge in [0.15, 0.2) is 0 Å². The minimum absolute atomic E-state index is 0.111. The highest BCUT2D eigenvalue weighted by atomic mass is 15.3. The Morgan fingerprint density at radius 2 is 1.89 bits per heavy atom. The number of hydrogen-bond acceptors (Lipinski definition) is 4. The highest BCUT2D eigenvalue weighted by Crippen LogP contribution is 2.15. The van der Waals surface area contributed by atoms with Gasteiger partial charge in [-0.05, 0) is 25.0 Å². The van der Waals surface area contributed by atoms with Crippen LogP contribution in [0.15, 0.2) is 42.9 Å². The fraction of sp³-hybridized carbons (Fsp3) is 0.214. The first-order valence-electron chi connectivity index (χ1n) is 6.23. The van der Waals surface area contributed by atoms with Crippen molar-refractivity contribution in [2.24, 2.45) is 5.73 Å². The van der Waals surface area contributed by atoms with E-state index >= 15 is 0 Å². The third kappa shape index (κ3) is 2.32. The van der Waals surface area contributed by atoms with E-state index in [9.17, 15) is 0 Å². The molecule has 3 rings (SSSR count). The van der Waals surface area contributed by atoms with Crippen LogP contribution in [0.2, 0.25) is 0 Å². The highest BCUT2D eigenvalue weighted by Gasteiger charge is 2.07. The van der Waals surface area contributed by atoms with Gasteiger partial charge in [0.25, 0.3) is 5.95 Å². The predicted octanol–water partition coefficient (Wildman–Crippen LogP) is 1.71. The fourth-order valence-electron chi connectivity index (χ4n) is 2.07. The van der Waals surface area contributed by atoms with Crippen molar-refractivity contribution < 1.29 is 0 Å². The van der Waals surface area contributed by atoms with Crippen molar-refractivity contribution in [3.8, 4) is 5.95 Å². The number of nitrogens with zero attached hydrogens (tertiary/aromatic N) is 4. The Hall–Kier alpha value is -2.27. The monoisotopic (exact) mass is 253 g/mol. The second-order valence-electron chi connectivity index (χ2n) is 4.69. The van der Waals surface area contributed by atoms with Gasteiger partial charge in [-0.1, -0.05) is 18.2 Å². The summed E-state index contributed by atoms with van der Waals surface area (Å²) in [4.78, 5) is 8.72. The van der Waals surface area contributed by atoms with E-state index in [0.29, 0.717) is 5.95 Å². The van der Waals surface area contributed by atoms with Crippen LogP contribution in [0.4, 0.5) is 0 Å². The van der Waals surface area contributed by atoms with Crippen molar-refractivity contribution in [3.05, 3.63) is 48.4 Å². The van der Waals surface area contributed by atoms with Gasteiger partial charge in [0.05, 0.1) is 11.7 Å². The Morgan fingerprint density at radius 3 is 2.63 bits per heavy atom. The van der Waals surface area contributed by atoms with Gasteiger partial charge < -0.3 is 5.73 Å². The third-order valence-corrected chi connectivity index (χ3v) is 2.92. The Balaban J connectivity index is 1.98. The summed E-state index contributed by atoms with van der Waals surface area (Å²) in [5.74, 6) is 0.578. The maximum absolute atomic E-state index is 5.76. The summed E-state index contributed by atoms with van der Waals surface area (Å²) in [6, 6.07) is 8.09. The van der Waals surface area contributed by atoms with E-state index in [1.807, 2.05) is 49.8 Å². The van der Waals surface area contributed by atoms with Gasteiger partial charge >= 0.3 is 0 Å². The molecule has 5 nitrogen and oxygen atoms in total. The average Bonchev–Trinajstić information content (AvgIpc) is 2.83. The third-order valence-electron chi connectivity index (χ3n) is 2.92. The molecule has 1 unspecified atom stereocenters. The van der Waals surface area contributed by atoms with E-state index in [-0.39, 0.29) is 6.04 Å². The van der Waals surface area contributed by atoms with Crippen LogP contribution < -0.4 is 5.73 Å². The second kappa shape index (κ2) is 4.78. The van der Waals surface area contributed by atoms with Crippen molar-refractivity contribution in [2.45, 2.75) is 19.4 Å². The van der Waals surface area contributed by atoms with Crippen LogP contribution in [0.1, 0.15) is 12.5 Å². The van der Waals surface area contributed by atoms with Crippen molar-refractivity contribution in [1.29, 1.82) is 0 Å². The summed E-state index contributed by atoms with van der Waals surface area (Å²) in [6.07, 6.45) is 6.21. The van der Waals surface area contributed by atoms with Crippen LogP contribution in [-0.2, 0) is 6.42 Å². The molecule has 96 valence electrons. The van der Waals surface area contributed by atoms with Gasteiger partial charge in [0.1, 0.15) is 0 Å². The molecule has 19 heavy (non-hydrogen) atoms. The zero-order chi connectivity index (χ0) is 13.2. The van der Waals surface area contributed by atoms with Crippen LogP contribution in [0.3, 0.4) is 0 Å². The highest BCUT2D eigenvalue weighted by molar-refractivity contribution is 5.79. The minimum Gasteiger partial charge on any atom is -0.328 e. The van der Waals surface area contributed by atoms with Crippen LogP contribution in [0, 0.1) is 0 Å². The molecule has 2 aromatic heterocycles. The van der Waals surface area contributed by atoms with Gasteiger partial charge in [-0.3, -0.25) is 0 Å². The van der Waals surface area contributed by atoms with Crippen molar-refractivity contribution in [3.63, 3.8) is 0 Å². The Kier molecular flexibility index (Phi) is 2.97. The summed E-state index contributed by atoms with van der Waals surface area (Å²) in [7, 11) is 0. The molecule has 1 atom stereocenters. The Bertz CT molecular complexity index is 684. The van der Waals surface area contributed by atoms with E-state index in [1.54, 1.807) is 4.68 Å². The van der Waals surface area contributed by atoms with Crippen molar-refractivity contribution >= 4 is 10.9 Å². The largest absolute Gasteiger partial charge is 0.328 e. The molecular formula is C14H15N5. The van der Waals surface area contributed by atoms with Gasteiger partial charge in [-0.2, -0.15) is 9.78 Å².